The summed E-state index contributed by atoms with van der Waals surface area (Å²) in [5.74, 6) is -2.34. The minimum atomic E-state index is -0.937. The van der Waals surface area contributed by atoms with Gasteiger partial charge in [0.05, 0.1) is 38.1 Å². The third-order valence-electron chi connectivity index (χ3n) is 6.83. The van der Waals surface area contributed by atoms with E-state index in [9.17, 15) is 38.4 Å². The van der Waals surface area contributed by atoms with Crippen molar-refractivity contribution >= 4 is 47.3 Å². The summed E-state index contributed by atoms with van der Waals surface area (Å²) in [4.78, 5) is 83.0. The molecule has 1 rings (SSSR count). The number of carboxylic acid groups (broad SMARTS) is 4. The number of carbonyl (C=O) groups excluding carboxylic acids is 4. The van der Waals surface area contributed by atoms with E-state index in [-0.39, 0.29) is 107 Å². The number of nitrogens with one attached hydrogen (secondary N) is 4. The number of carbonyl (C=O) groups is 8. The summed E-state index contributed by atoms with van der Waals surface area (Å²) in [6.07, 6.45) is 1.33. The van der Waals surface area contributed by atoms with Crippen molar-refractivity contribution in [2.45, 2.75) is 186 Å². The van der Waals surface area contributed by atoms with E-state index < -0.39 is 48.4 Å². The molecule has 23 nitrogen and oxygen atoms in total. The van der Waals surface area contributed by atoms with E-state index in [4.69, 9.17) is 41.5 Å². The Morgan fingerprint density at radius 3 is 1.43 bits per heavy atom. The van der Waals surface area contributed by atoms with Crippen molar-refractivity contribution in [3.8, 4) is 0 Å². The largest absolute Gasteiger partial charge is 0.481 e. The van der Waals surface area contributed by atoms with Gasteiger partial charge in [-0.15, -0.1) is 10.2 Å². The van der Waals surface area contributed by atoms with Crippen LogP contribution in [-0.2, 0) is 44.8 Å². The van der Waals surface area contributed by atoms with Crippen LogP contribution in [0.25, 0.3) is 0 Å². The Hall–Kier alpha value is -4.97. The lowest BCUT2D eigenvalue weighted by molar-refractivity contribution is -0.139. The zero-order valence-electron chi connectivity index (χ0n) is 41.8. The van der Waals surface area contributed by atoms with Crippen molar-refractivity contribution in [3.63, 3.8) is 0 Å². The van der Waals surface area contributed by atoms with E-state index in [1.807, 2.05) is 55.4 Å². The summed E-state index contributed by atoms with van der Waals surface area (Å²) in [7, 11) is 0. The highest BCUT2D eigenvalue weighted by Crippen LogP contribution is 2.03. The van der Waals surface area contributed by atoms with E-state index in [1.165, 1.54) is 0 Å². The number of aromatic amines is 1. The highest BCUT2D eigenvalue weighted by Gasteiger charge is 2.15. The molecule has 2 amide bonds. The van der Waals surface area contributed by atoms with Crippen LogP contribution < -0.4 is 21.7 Å². The quantitative estimate of drug-likeness (QED) is 0.0701. The number of nitrogens with zero attached hydrogens (tertiary/aromatic N) is 3. The summed E-state index contributed by atoms with van der Waals surface area (Å²) in [6, 6.07) is -0.401. The predicted molar refractivity (Wildman–Crippen MR) is 255 cm³/mol. The Bertz CT molecular complexity index is 1420. The summed E-state index contributed by atoms with van der Waals surface area (Å²) in [6.45, 7) is 26.0. The van der Waals surface area contributed by atoms with E-state index in [2.05, 4.69) is 50.4 Å². The molecule has 0 aliphatic heterocycles. The molecule has 396 valence electrons. The Kier molecular flexibility index (Phi) is 55.7. The van der Waals surface area contributed by atoms with Gasteiger partial charge in [0, 0.05) is 49.7 Å². The average molecular weight is 971 g/mol. The van der Waals surface area contributed by atoms with Crippen LogP contribution in [0, 0.1) is 23.7 Å². The first-order valence-corrected chi connectivity index (χ1v) is 21.9. The van der Waals surface area contributed by atoms with Crippen molar-refractivity contribution in [3.05, 3.63) is 5.82 Å². The molecule has 0 saturated carbocycles. The van der Waals surface area contributed by atoms with Gasteiger partial charge in [-0.05, 0) is 58.3 Å². The first-order chi connectivity index (χ1) is 30.2. The van der Waals surface area contributed by atoms with E-state index >= 15 is 0 Å². The molecule has 23 heteroatoms. The van der Waals surface area contributed by atoms with Crippen molar-refractivity contribution < 1.29 is 74.1 Å². The monoisotopic (exact) mass is 971 g/mol. The second-order valence-electron chi connectivity index (χ2n) is 17.1. The topological polar surface area (TPSA) is 395 Å². The first kappa shape index (κ1) is 76.3. The number of tetrazole rings is 1. The van der Waals surface area contributed by atoms with Crippen molar-refractivity contribution in [2.75, 3.05) is 19.8 Å². The van der Waals surface area contributed by atoms with Gasteiger partial charge in [-0.1, -0.05) is 81.9 Å². The van der Waals surface area contributed by atoms with Crippen molar-refractivity contribution in [1.29, 1.82) is 0 Å². The lowest BCUT2D eigenvalue weighted by Gasteiger charge is -2.13. The molecule has 0 aliphatic rings. The van der Waals surface area contributed by atoms with E-state index in [1.54, 1.807) is 27.7 Å². The van der Waals surface area contributed by atoms with Crippen LogP contribution >= 0.6 is 0 Å². The number of nitrogens with two attached hydrogens (primary N) is 1. The number of hydrogen-bond acceptors (Lipinski definition) is 16. The molecule has 0 fully saturated rings. The van der Waals surface area contributed by atoms with Gasteiger partial charge in [0.2, 0.25) is 11.8 Å². The van der Waals surface area contributed by atoms with Gasteiger partial charge in [-0.3, -0.25) is 38.4 Å². The van der Waals surface area contributed by atoms with E-state index in [0.29, 0.717) is 18.3 Å². The maximum Gasteiger partial charge on any atom is 0.317 e. The number of hydrogen-bond donors (Lipinski definition) is 12. The molecule has 2 unspecified atom stereocenters. The van der Waals surface area contributed by atoms with Crippen LogP contribution in [0.5, 0.6) is 0 Å². The number of rotatable bonds is 23. The minimum Gasteiger partial charge on any atom is -0.481 e. The number of amides is 2. The fourth-order valence-corrected chi connectivity index (χ4v) is 3.82. The fraction of sp³-hybridized carbons (Fsp3) is 0.795. The molecule has 1 heterocycles. The molecule has 0 radical (unpaired) electrons. The van der Waals surface area contributed by atoms with Gasteiger partial charge >= 0.3 is 23.9 Å². The maximum absolute atomic E-state index is 11.1. The lowest BCUT2D eigenvalue weighted by Crippen LogP contribution is -2.43. The van der Waals surface area contributed by atoms with Gasteiger partial charge in [-0.25, -0.2) is 0 Å². The number of ketones is 2. The number of carboxylic acids is 4. The number of H-pyrrole nitrogens is 1. The van der Waals surface area contributed by atoms with Crippen LogP contribution in [-0.4, -0.2) is 154 Å². The van der Waals surface area contributed by atoms with Crippen LogP contribution in [0.2, 0.25) is 0 Å². The number of aromatic nitrogens is 4. The second kappa shape index (κ2) is 48.9. The molecular formula is C44H90N8O15. The molecule has 67 heavy (non-hydrogen) atoms. The van der Waals surface area contributed by atoms with Crippen molar-refractivity contribution in [1.82, 2.24) is 36.6 Å². The fourth-order valence-electron chi connectivity index (χ4n) is 3.82. The predicted octanol–water partition coefficient (Wildman–Crippen LogP) is 2.85. The van der Waals surface area contributed by atoms with Crippen LogP contribution in [0.1, 0.15) is 155 Å². The normalized spacial score (nSPS) is 10.9. The van der Waals surface area contributed by atoms with Crippen molar-refractivity contribution in [2.24, 2.45) is 29.4 Å². The van der Waals surface area contributed by atoms with Gasteiger partial charge < -0.3 is 57.4 Å². The van der Waals surface area contributed by atoms with Gasteiger partial charge in [0.1, 0.15) is 12.4 Å². The molecule has 0 spiro atoms. The highest BCUT2D eigenvalue weighted by atomic mass is 16.4. The molecule has 0 bridgehead atoms. The number of aliphatic carboxylic acids is 4. The summed E-state index contributed by atoms with van der Waals surface area (Å²) < 4.78 is 0. The average Bonchev–Trinajstić information content (AvgIpc) is 3.67. The van der Waals surface area contributed by atoms with Crippen LogP contribution in [0.3, 0.4) is 0 Å². The van der Waals surface area contributed by atoms with Crippen LogP contribution in [0.4, 0.5) is 0 Å². The number of Topliss-reactive ketones (excluding diaryl/α,β-unsaturated/α-hetero) is 2. The SMILES string of the molecule is C.CC(C)C(=O)CCC(=O)O.CC(C)CC(=O)O.CC(C)CC(O)CO.CC(C)Cc1nn[nH]n1.CC(C)NC(=O)C(N)CCC(=O)O.CC(C)NC(=O)CC(=O)CO.CC(C)NCC(=O)O. The maximum atomic E-state index is 11.1. The molecular weight excluding hydrogens is 881 g/mol. The zero-order chi connectivity index (χ0) is 53.1. The molecule has 13 N–H and O–H groups in total. The molecule has 0 aliphatic carbocycles. The smallest absolute Gasteiger partial charge is 0.317 e. The Morgan fingerprint density at radius 2 is 1.16 bits per heavy atom. The Labute approximate surface area is 398 Å². The summed E-state index contributed by atoms with van der Waals surface area (Å²) >= 11 is 0. The Morgan fingerprint density at radius 1 is 0.657 bits per heavy atom. The molecule has 0 aromatic carbocycles. The first-order valence-electron chi connectivity index (χ1n) is 21.9. The minimum absolute atomic E-state index is 0. The highest BCUT2D eigenvalue weighted by molar-refractivity contribution is 5.98. The number of aliphatic hydroxyl groups excluding tert-OH is 3. The van der Waals surface area contributed by atoms with E-state index in [0.717, 1.165) is 12.2 Å². The Balaban J connectivity index is -0.000000126. The zero-order valence-corrected chi connectivity index (χ0v) is 41.8. The standard InChI is InChI=1S/C8H16N2O3.C7H13NO3.C7H12O3.C6H14O2.C5H10N4.C5H11NO2.C5H10O2.CH4/c1-5(2)10-8(13)6(9)3-4-7(11)12;1-5(2)8-7(11)3-6(10)4-9;1-5(2)6(8)3-4-7(9)10;1-5(2)3-6(8)4-7;1-4(2)3-5-6-8-9-7-5;1-4(2)6-3-5(7)8;1-4(2)3-5(6)7;/h5-6H,3-4,9H2,1-2H3,(H,10,13)(H,11,12);5,9H,3-4H2,1-2H3,(H,8,11);5H,3-4H2,1-2H3,(H,9,10);5-8H,3-4H2,1-2H3;4H,3H2,1-2H3,(H,6,7,8,9);4,6H,3H2,1-2H3,(H,7,8);4H,3H2,1-2H3,(H,6,7);1H4. The third-order valence-corrected chi connectivity index (χ3v) is 6.83. The van der Waals surface area contributed by atoms with Gasteiger partial charge in [-0.2, -0.15) is 5.21 Å². The van der Waals surface area contributed by atoms with Gasteiger partial charge in [0.25, 0.3) is 0 Å². The summed E-state index contributed by atoms with van der Waals surface area (Å²) in [5.41, 5.74) is 5.44. The van der Waals surface area contributed by atoms with Gasteiger partial charge in [0.15, 0.2) is 11.6 Å². The second-order valence-corrected chi connectivity index (χ2v) is 17.1. The molecule has 0 saturated heterocycles. The lowest BCUT2D eigenvalue weighted by atomic mass is 10.1. The summed E-state index contributed by atoms with van der Waals surface area (Å²) in [5, 5.41) is 79.5. The van der Waals surface area contributed by atoms with Crippen LogP contribution in [0.15, 0.2) is 0 Å². The third kappa shape index (κ3) is 75.6. The number of aliphatic hydroxyl groups is 3. The molecule has 2 atom stereocenters. The molecule has 1 aromatic rings. The molecule has 1 aromatic heterocycles.